The van der Waals surface area contributed by atoms with Gasteiger partial charge in [0.25, 0.3) is 5.91 Å². The molecule has 4 nitrogen and oxygen atoms in total. The van der Waals surface area contributed by atoms with Crippen LogP contribution in [0.1, 0.15) is 10.5 Å². The topological polar surface area (TPSA) is 68.0 Å². The maximum Gasteiger partial charge on any atom is 0.274 e. The minimum atomic E-state index is -0.236. The van der Waals surface area contributed by atoms with Gasteiger partial charge in [-0.3, -0.25) is 9.78 Å². The first-order valence-electron chi connectivity index (χ1n) is 6.24. The summed E-state index contributed by atoms with van der Waals surface area (Å²) < 4.78 is 0. The first kappa shape index (κ1) is 12.2. The minimum Gasteiger partial charge on any atom is -0.399 e. The van der Waals surface area contributed by atoms with Gasteiger partial charge in [-0.1, -0.05) is 24.3 Å². The molecular formula is C16H13N3O. The molecule has 1 amide bonds. The molecule has 0 aliphatic heterocycles. The van der Waals surface area contributed by atoms with E-state index in [2.05, 4.69) is 10.3 Å². The van der Waals surface area contributed by atoms with Crippen molar-refractivity contribution >= 4 is 28.1 Å². The Labute approximate surface area is 116 Å². The number of nitrogens with one attached hydrogen (secondary N) is 1. The van der Waals surface area contributed by atoms with Gasteiger partial charge < -0.3 is 11.1 Å². The van der Waals surface area contributed by atoms with Gasteiger partial charge in [0.05, 0.1) is 0 Å². The molecule has 0 atom stereocenters. The van der Waals surface area contributed by atoms with Crippen LogP contribution in [-0.4, -0.2) is 10.9 Å². The third kappa shape index (κ3) is 2.44. The molecule has 0 aliphatic carbocycles. The van der Waals surface area contributed by atoms with Crippen LogP contribution in [0.2, 0.25) is 0 Å². The molecule has 20 heavy (non-hydrogen) atoms. The fourth-order valence-corrected chi connectivity index (χ4v) is 1.97. The van der Waals surface area contributed by atoms with Crippen LogP contribution in [0.5, 0.6) is 0 Å². The van der Waals surface area contributed by atoms with Gasteiger partial charge >= 0.3 is 0 Å². The van der Waals surface area contributed by atoms with Gasteiger partial charge in [-0.05, 0) is 35.7 Å². The number of nitrogen functional groups attached to an aromatic ring is 1. The van der Waals surface area contributed by atoms with E-state index in [9.17, 15) is 4.79 Å². The van der Waals surface area contributed by atoms with Crippen LogP contribution >= 0.6 is 0 Å². The van der Waals surface area contributed by atoms with Crippen molar-refractivity contribution in [3.63, 3.8) is 0 Å². The summed E-state index contributed by atoms with van der Waals surface area (Å²) in [4.78, 5) is 16.3. The Morgan fingerprint density at radius 3 is 2.45 bits per heavy atom. The van der Waals surface area contributed by atoms with E-state index < -0.39 is 0 Å². The van der Waals surface area contributed by atoms with Crippen LogP contribution in [0.25, 0.3) is 10.8 Å². The number of nitrogens with two attached hydrogens (primary N) is 1. The van der Waals surface area contributed by atoms with E-state index in [1.54, 1.807) is 36.5 Å². The Morgan fingerprint density at radius 1 is 1.00 bits per heavy atom. The molecule has 0 fully saturated rings. The largest absolute Gasteiger partial charge is 0.399 e. The second kappa shape index (κ2) is 5.01. The van der Waals surface area contributed by atoms with Crippen molar-refractivity contribution in [3.05, 3.63) is 66.5 Å². The second-order valence-corrected chi connectivity index (χ2v) is 4.49. The lowest BCUT2D eigenvalue weighted by molar-refractivity contribution is 0.102. The fourth-order valence-electron chi connectivity index (χ4n) is 1.97. The zero-order valence-electron chi connectivity index (χ0n) is 10.7. The number of hydrogen-bond donors (Lipinski definition) is 2. The fraction of sp³-hybridized carbons (Fsp3) is 0. The highest BCUT2D eigenvalue weighted by Crippen LogP contribution is 2.15. The zero-order chi connectivity index (χ0) is 13.9. The number of amides is 1. The molecule has 0 bridgehead atoms. The van der Waals surface area contributed by atoms with Crippen molar-refractivity contribution in [1.29, 1.82) is 0 Å². The summed E-state index contributed by atoms with van der Waals surface area (Å²) in [7, 11) is 0. The maximum absolute atomic E-state index is 12.1. The molecule has 2 aromatic carbocycles. The van der Waals surface area contributed by atoms with Crippen molar-refractivity contribution < 1.29 is 4.79 Å². The Morgan fingerprint density at radius 2 is 1.70 bits per heavy atom. The molecule has 0 aliphatic rings. The maximum atomic E-state index is 12.1. The van der Waals surface area contributed by atoms with E-state index in [-0.39, 0.29) is 5.91 Å². The lowest BCUT2D eigenvalue weighted by Gasteiger charge is -2.06. The Kier molecular flexibility index (Phi) is 3.05. The monoisotopic (exact) mass is 263 g/mol. The van der Waals surface area contributed by atoms with E-state index in [0.29, 0.717) is 17.1 Å². The lowest BCUT2D eigenvalue weighted by Crippen LogP contribution is -2.13. The molecule has 0 unspecified atom stereocenters. The number of rotatable bonds is 2. The molecule has 0 saturated carbocycles. The molecule has 0 spiro atoms. The zero-order valence-corrected chi connectivity index (χ0v) is 10.7. The van der Waals surface area contributed by atoms with Crippen LogP contribution in [0.3, 0.4) is 0 Å². The molecule has 3 aromatic rings. The molecular weight excluding hydrogens is 250 g/mol. The van der Waals surface area contributed by atoms with Gasteiger partial charge in [0.15, 0.2) is 0 Å². The van der Waals surface area contributed by atoms with Gasteiger partial charge in [-0.25, -0.2) is 0 Å². The first-order valence-corrected chi connectivity index (χ1v) is 6.24. The van der Waals surface area contributed by atoms with E-state index in [0.717, 1.165) is 10.8 Å². The van der Waals surface area contributed by atoms with Gasteiger partial charge in [-0.2, -0.15) is 0 Å². The van der Waals surface area contributed by atoms with Crippen LogP contribution in [0.4, 0.5) is 11.4 Å². The summed E-state index contributed by atoms with van der Waals surface area (Å²) in [6.07, 6.45) is 1.70. The van der Waals surface area contributed by atoms with Crippen molar-refractivity contribution in [2.45, 2.75) is 0 Å². The number of carbonyl (C=O) groups is 1. The van der Waals surface area contributed by atoms with Crippen molar-refractivity contribution in [1.82, 2.24) is 4.98 Å². The summed E-state index contributed by atoms with van der Waals surface area (Å²) in [5, 5.41) is 4.79. The van der Waals surface area contributed by atoms with E-state index in [1.165, 1.54) is 0 Å². The summed E-state index contributed by atoms with van der Waals surface area (Å²) in [6, 6.07) is 16.6. The first-order chi connectivity index (χ1) is 9.72. The number of aromatic nitrogens is 1. The second-order valence-electron chi connectivity index (χ2n) is 4.49. The molecule has 0 radical (unpaired) electrons. The molecule has 1 heterocycles. The Bertz CT molecular complexity index is 766. The molecule has 98 valence electrons. The minimum absolute atomic E-state index is 0.236. The van der Waals surface area contributed by atoms with Crippen LogP contribution < -0.4 is 11.1 Å². The predicted octanol–water partition coefficient (Wildman–Crippen LogP) is 3.07. The van der Waals surface area contributed by atoms with E-state index in [4.69, 9.17) is 5.73 Å². The number of anilines is 2. The Hall–Kier alpha value is -2.88. The Balaban J connectivity index is 1.86. The summed E-state index contributed by atoms with van der Waals surface area (Å²) in [6.45, 7) is 0. The number of nitrogens with zero attached hydrogens (tertiary/aromatic N) is 1. The van der Waals surface area contributed by atoms with Gasteiger partial charge in [0.1, 0.15) is 5.69 Å². The summed E-state index contributed by atoms with van der Waals surface area (Å²) in [5.74, 6) is -0.236. The van der Waals surface area contributed by atoms with Gasteiger partial charge in [-0.15, -0.1) is 0 Å². The smallest absolute Gasteiger partial charge is 0.274 e. The van der Waals surface area contributed by atoms with Gasteiger partial charge in [0, 0.05) is 23.0 Å². The predicted molar refractivity (Wildman–Crippen MR) is 80.6 cm³/mol. The highest BCUT2D eigenvalue weighted by molar-refractivity contribution is 6.04. The molecule has 1 aromatic heterocycles. The van der Waals surface area contributed by atoms with Crippen LogP contribution in [0, 0.1) is 0 Å². The number of hydrogen-bond acceptors (Lipinski definition) is 3. The molecule has 3 N–H and O–H groups in total. The highest BCUT2D eigenvalue weighted by Gasteiger charge is 2.08. The van der Waals surface area contributed by atoms with Crippen molar-refractivity contribution in [3.8, 4) is 0 Å². The summed E-state index contributed by atoms with van der Waals surface area (Å²) in [5.41, 5.74) is 7.35. The quantitative estimate of drug-likeness (QED) is 0.698. The number of carbonyl (C=O) groups excluding carboxylic acids is 1. The SMILES string of the molecule is Nc1ccc(NC(=O)c2cc3ccccc3cn2)cc1. The van der Waals surface area contributed by atoms with Gasteiger partial charge in [0.2, 0.25) is 0 Å². The average molecular weight is 263 g/mol. The van der Waals surface area contributed by atoms with Crippen LogP contribution in [-0.2, 0) is 0 Å². The molecule has 0 saturated heterocycles. The van der Waals surface area contributed by atoms with E-state index in [1.807, 2.05) is 24.3 Å². The lowest BCUT2D eigenvalue weighted by atomic mass is 10.1. The molecule has 3 rings (SSSR count). The third-order valence-corrected chi connectivity index (χ3v) is 3.03. The summed E-state index contributed by atoms with van der Waals surface area (Å²) >= 11 is 0. The average Bonchev–Trinajstić information content (AvgIpc) is 2.49. The standard InChI is InChI=1S/C16H13N3O/c17-13-5-7-14(8-6-13)19-16(20)15-9-11-3-1-2-4-12(11)10-18-15/h1-10H,17H2,(H,19,20). The van der Waals surface area contributed by atoms with E-state index >= 15 is 0 Å². The highest BCUT2D eigenvalue weighted by atomic mass is 16.1. The van der Waals surface area contributed by atoms with Crippen molar-refractivity contribution in [2.75, 3.05) is 11.1 Å². The normalized spacial score (nSPS) is 10.4. The number of pyridine rings is 1. The molecule has 4 heteroatoms. The number of benzene rings is 2. The van der Waals surface area contributed by atoms with Crippen molar-refractivity contribution in [2.24, 2.45) is 0 Å². The number of fused-ring (bicyclic) bond motifs is 1. The van der Waals surface area contributed by atoms with Crippen LogP contribution in [0.15, 0.2) is 60.8 Å². The third-order valence-electron chi connectivity index (χ3n) is 3.03.